The molecule has 1 aliphatic carbocycles. The molecular formula is C14H29Cl2N3O2. The van der Waals surface area contributed by atoms with E-state index in [1.165, 1.54) is 0 Å². The summed E-state index contributed by atoms with van der Waals surface area (Å²) in [5.74, 6) is 0.681. The van der Waals surface area contributed by atoms with Crippen LogP contribution in [0.25, 0.3) is 0 Å². The van der Waals surface area contributed by atoms with Gasteiger partial charge < -0.3 is 20.6 Å². The van der Waals surface area contributed by atoms with Gasteiger partial charge in [-0.2, -0.15) is 0 Å². The van der Waals surface area contributed by atoms with E-state index in [-0.39, 0.29) is 36.8 Å². The summed E-state index contributed by atoms with van der Waals surface area (Å²) in [5.41, 5.74) is 5.41. The van der Waals surface area contributed by atoms with Gasteiger partial charge >= 0.3 is 0 Å². The molecule has 0 spiro atoms. The summed E-state index contributed by atoms with van der Waals surface area (Å²) in [5, 5.41) is 9.38. The Kier molecular flexibility index (Phi) is 8.50. The molecule has 2 fully saturated rings. The van der Waals surface area contributed by atoms with Crippen molar-refractivity contribution in [1.82, 2.24) is 9.80 Å². The zero-order valence-electron chi connectivity index (χ0n) is 13.0. The molecule has 1 unspecified atom stereocenters. The number of hydrogen-bond acceptors (Lipinski definition) is 4. The molecule has 1 amide bonds. The molecule has 2 rings (SSSR count). The fraction of sp³-hybridized carbons (Fsp3) is 0.929. The highest BCUT2D eigenvalue weighted by Gasteiger charge is 2.47. The topological polar surface area (TPSA) is 69.8 Å². The number of piperidine rings is 1. The van der Waals surface area contributed by atoms with E-state index in [9.17, 15) is 9.90 Å². The molecule has 7 heteroatoms. The second-order valence-corrected chi connectivity index (χ2v) is 6.43. The van der Waals surface area contributed by atoms with E-state index in [0.29, 0.717) is 5.92 Å². The summed E-state index contributed by atoms with van der Waals surface area (Å²) in [4.78, 5) is 16.2. The highest BCUT2D eigenvalue weighted by Crippen LogP contribution is 2.34. The van der Waals surface area contributed by atoms with Gasteiger partial charge in [0.05, 0.1) is 11.6 Å². The molecule has 1 heterocycles. The number of rotatable bonds is 5. The predicted molar refractivity (Wildman–Crippen MR) is 89.1 cm³/mol. The average Bonchev–Trinajstić information content (AvgIpc) is 3.09. The van der Waals surface area contributed by atoms with Gasteiger partial charge in [0.1, 0.15) is 0 Å². The Bertz CT molecular complexity index is 330. The maximum absolute atomic E-state index is 12.1. The second kappa shape index (κ2) is 8.53. The molecule has 2 aliphatic rings. The number of nitrogens with zero attached hydrogens (tertiary/aromatic N) is 2. The monoisotopic (exact) mass is 341 g/mol. The number of aliphatic hydroxyl groups excluding tert-OH is 1. The van der Waals surface area contributed by atoms with Crippen LogP contribution in [0.4, 0.5) is 0 Å². The highest BCUT2D eigenvalue weighted by molar-refractivity contribution is 5.88. The van der Waals surface area contributed by atoms with Crippen molar-refractivity contribution in [3.63, 3.8) is 0 Å². The summed E-state index contributed by atoms with van der Waals surface area (Å²) >= 11 is 0. The quantitative estimate of drug-likeness (QED) is 0.778. The molecule has 0 aromatic rings. The van der Waals surface area contributed by atoms with Gasteiger partial charge in [0.2, 0.25) is 5.91 Å². The zero-order valence-corrected chi connectivity index (χ0v) is 14.6. The van der Waals surface area contributed by atoms with Crippen molar-refractivity contribution >= 4 is 30.7 Å². The maximum atomic E-state index is 12.1. The van der Waals surface area contributed by atoms with Crippen LogP contribution in [-0.2, 0) is 4.79 Å². The maximum Gasteiger partial charge on any atom is 0.242 e. The first-order valence-corrected chi connectivity index (χ1v) is 7.35. The summed E-state index contributed by atoms with van der Waals surface area (Å²) in [6, 6.07) is 0. The number of nitrogens with two attached hydrogens (primary N) is 1. The van der Waals surface area contributed by atoms with E-state index in [1.54, 1.807) is 0 Å². The molecule has 126 valence electrons. The van der Waals surface area contributed by atoms with Gasteiger partial charge in [0.15, 0.2) is 0 Å². The van der Waals surface area contributed by atoms with Crippen LogP contribution in [0.15, 0.2) is 0 Å². The predicted octanol–water partition coefficient (Wildman–Crippen LogP) is 0.872. The molecule has 21 heavy (non-hydrogen) atoms. The van der Waals surface area contributed by atoms with Gasteiger partial charge in [-0.1, -0.05) is 0 Å². The van der Waals surface area contributed by atoms with Crippen LogP contribution < -0.4 is 5.73 Å². The van der Waals surface area contributed by atoms with E-state index < -0.39 is 5.54 Å². The summed E-state index contributed by atoms with van der Waals surface area (Å²) in [6.45, 7) is 5.44. The number of likely N-dealkylation sites (N-methyl/N-ethyl adjacent to an activating group) is 1. The molecule has 3 N–H and O–H groups in total. The molecule has 0 aromatic heterocycles. The lowest BCUT2D eigenvalue weighted by Crippen LogP contribution is -2.47. The van der Waals surface area contributed by atoms with Gasteiger partial charge in [-0.25, -0.2) is 0 Å². The lowest BCUT2D eigenvalue weighted by molar-refractivity contribution is -0.133. The molecule has 5 nitrogen and oxygen atoms in total. The third-order valence-corrected chi connectivity index (χ3v) is 4.32. The van der Waals surface area contributed by atoms with Gasteiger partial charge in [0.25, 0.3) is 0 Å². The van der Waals surface area contributed by atoms with Crippen LogP contribution in [0.3, 0.4) is 0 Å². The van der Waals surface area contributed by atoms with Crippen LogP contribution in [0.2, 0.25) is 0 Å². The van der Waals surface area contributed by atoms with Crippen molar-refractivity contribution in [2.75, 3.05) is 33.2 Å². The fourth-order valence-corrected chi connectivity index (χ4v) is 2.92. The summed E-state index contributed by atoms with van der Waals surface area (Å²) in [7, 11) is 1.87. The summed E-state index contributed by atoms with van der Waals surface area (Å²) in [6.07, 6.45) is 3.61. The molecule has 0 radical (unpaired) electrons. The number of carbonyl (C=O) groups excluding carboxylic acids is 1. The van der Waals surface area contributed by atoms with Gasteiger partial charge in [-0.15, -0.1) is 24.8 Å². The van der Waals surface area contributed by atoms with E-state index in [0.717, 1.165) is 51.9 Å². The molecule has 1 aliphatic heterocycles. The van der Waals surface area contributed by atoms with Crippen molar-refractivity contribution in [1.29, 1.82) is 0 Å². The van der Waals surface area contributed by atoms with E-state index in [2.05, 4.69) is 4.90 Å². The third-order valence-electron chi connectivity index (χ3n) is 4.32. The number of carbonyl (C=O) groups is 1. The standard InChI is InChI=1S/C14H27N3O2.2ClH/c1-11(18)9-17-7-3-12(4-8-17)10-16(2)13(19)14(15)5-6-14;;/h11-12,18H,3-10,15H2,1-2H3;2*1H. The van der Waals surface area contributed by atoms with Crippen LogP contribution in [0.1, 0.15) is 32.6 Å². The molecule has 0 aromatic carbocycles. The minimum atomic E-state index is -0.540. The number of amides is 1. The minimum absolute atomic E-state index is 0. The van der Waals surface area contributed by atoms with Gasteiger partial charge in [0, 0.05) is 20.1 Å². The number of β-amino-alcohol motifs (C(OH)–C–C–N with tert-alkyl or cyclic N) is 1. The summed E-state index contributed by atoms with van der Waals surface area (Å²) < 4.78 is 0. The first-order valence-electron chi connectivity index (χ1n) is 7.35. The van der Waals surface area contributed by atoms with Crippen LogP contribution in [0.5, 0.6) is 0 Å². The van der Waals surface area contributed by atoms with Crippen molar-refractivity contribution in [3.05, 3.63) is 0 Å². The number of halogens is 2. The van der Waals surface area contributed by atoms with E-state index in [1.807, 2.05) is 18.9 Å². The third kappa shape index (κ3) is 5.91. The van der Waals surface area contributed by atoms with E-state index in [4.69, 9.17) is 5.73 Å². The Hall–Kier alpha value is -0.0700. The lowest BCUT2D eigenvalue weighted by atomic mass is 9.96. The Labute approximate surface area is 140 Å². The number of hydrogen-bond donors (Lipinski definition) is 2. The smallest absolute Gasteiger partial charge is 0.242 e. The van der Waals surface area contributed by atoms with E-state index >= 15 is 0 Å². The molecule has 0 bridgehead atoms. The lowest BCUT2D eigenvalue weighted by Gasteiger charge is -2.34. The average molecular weight is 342 g/mol. The number of aliphatic hydroxyl groups is 1. The van der Waals surface area contributed by atoms with Crippen LogP contribution >= 0.6 is 24.8 Å². The molecular weight excluding hydrogens is 313 g/mol. The van der Waals surface area contributed by atoms with Crippen molar-refractivity contribution in [3.8, 4) is 0 Å². The Morgan fingerprint density at radius 3 is 2.33 bits per heavy atom. The second-order valence-electron chi connectivity index (χ2n) is 6.43. The Balaban J connectivity index is 0.00000200. The Morgan fingerprint density at radius 2 is 1.90 bits per heavy atom. The first-order chi connectivity index (χ1) is 8.90. The van der Waals surface area contributed by atoms with Gasteiger partial charge in [-0.05, 0) is 51.6 Å². The SMILES string of the molecule is CC(O)CN1CCC(CN(C)C(=O)C2(N)CC2)CC1.Cl.Cl. The normalized spacial score (nSPS) is 22.7. The first kappa shape index (κ1) is 20.9. The minimum Gasteiger partial charge on any atom is -0.392 e. The number of likely N-dealkylation sites (tertiary alicyclic amines) is 1. The van der Waals surface area contributed by atoms with Crippen LogP contribution in [-0.4, -0.2) is 65.7 Å². The fourth-order valence-electron chi connectivity index (χ4n) is 2.92. The highest BCUT2D eigenvalue weighted by atomic mass is 35.5. The zero-order chi connectivity index (χ0) is 14.0. The molecule has 1 atom stereocenters. The van der Waals surface area contributed by atoms with Crippen molar-refractivity contribution in [2.24, 2.45) is 11.7 Å². The van der Waals surface area contributed by atoms with Gasteiger partial charge in [-0.3, -0.25) is 4.79 Å². The molecule has 1 saturated heterocycles. The Morgan fingerprint density at radius 1 is 1.38 bits per heavy atom. The molecule has 1 saturated carbocycles. The largest absolute Gasteiger partial charge is 0.392 e. The van der Waals surface area contributed by atoms with Crippen molar-refractivity contribution < 1.29 is 9.90 Å². The van der Waals surface area contributed by atoms with Crippen molar-refractivity contribution in [2.45, 2.75) is 44.2 Å². The van der Waals surface area contributed by atoms with Crippen LogP contribution in [0, 0.1) is 5.92 Å².